The first kappa shape index (κ1) is 16.5. The lowest BCUT2D eigenvalue weighted by Gasteiger charge is -2.23. The number of amides is 1. The third-order valence-corrected chi connectivity index (χ3v) is 4.35. The molecular weight excluding hydrogens is 236 g/mol. The number of carbonyl (C=O) groups is 1. The van der Waals surface area contributed by atoms with Crippen LogP contribution in [0.5, 0.6) is 0 Å². The zero-order valence-electron chi connectivity index (χ0n) is 12.6. The molecule has 0 spiro atoms. The second-order valence-corrected chi connectivity index (χ2v) is 6.06. The highest BCUT2D eigenvalue weighted by atomic mass is 16.1. The van der Waals surface area contributed by atoms with E-state index in [-0.39, 0.29) is 5.91 Å². The van der Waals surface area contributed by atoms with E-state index in [9.17, 15) is 4.79 Å². The fraction of sp³-hybridized carbons (Fsp3) is 0.938. The highest BCUT2D eigenvalue weighted by Gasteiger charge is 2.20. The zero-order chi connectivity index (χ0) is 13.9. The fourth-order valence-electron chi connectivity index (χ4n) is 3.04. The maximum atomic E-state index is 11.9. The van der Waals surface area contributed by atoms with Crippen molar-refractivity contribution in [1.82, 2.24) is 5.32 Å². The number of nitrogens with one attached hydrogen (secondary N) is 1. The summed E-state index contributed by atoms with van der Waals surface area (Å²) in [4.78, 5) is 11.9. The van der Waals surface area contributed by atoms with Gasteiger partial charge in [-0.3, -0.25) is 4.79 Å². The summed E-state index contributed by atoms with van der Waals surface area (Å²) in [6.07, 6.45) is 13.1. The molecule has 3 heteroatoms. The van der Waals surface area contributed by atoms with Crippen LogP contribution in [0.2, 0.25) is 0 Å². The van der Waals surface area contributed by atoms with Crippen molar-refractivity contribution in [3.8, 4) is 0 Å². The standard InChI is InChI=1S/C16H32N2O/c1-14(15-10-6-2-3-7-11-15)18-16(19)12-8-4-5-9-13-17/h14-15H,2-13,17H2,1H3,(H,18,19)/t14-/m1/s1. The number of hydrogen-bond donors (Lipinski definition) is 2. The molecule has 0 saturated heterocycles. The van der Waals surface area contributed by atoms with E-state index in [0.29, 0.717) is 18.4 Å². The summed E-state index contributed by atoms with van der Waals surface area (Å²) in [7, 11) is 0. The van der Waals surface area contributed by atoms with Gasteiger partial charge in [0, 0.05) is 12.5 Å². The van der Waals surface area contributed by atoms with Crippen LogP contribution in [0.3, 0.4) is 0 Å². The van der Waals surface area contributed by atoms with Crippen molar-refractivity contribution >= 4 is 5.91 Å². The van der Waals surface area contributed by atoms with Gasteiger partial charge in [-0.05, 0) is 45.1 Å². The van der Waals surface area contributed by atoms with Crippen LogP contribution in [0.1, 0.15) is 77.6 Å². The summed E-state index contributed by atoms with van der Waals surface area (Å²) in [5.41, 5.74) is 5.45. The molecule has 0 aromatic carbocycles. The Morgan fingerprint density at radius 1 is 1.11 bits per heavy atom. The molecule has 0 radical (unpaired) electrons. The molecule has 3 N–H and O–H groups in total. The molecule has 19 heavy (non-hydrogen) atoms. The molecule has 112 valence electrons. The van der Waals surface area contributed by atoms with E-state index in [2.05, 4.69) is 12.2 Å². The molecule has 0 bridgehead atoms. The van der Waals surface area contributed by atoms with Crippen LogP contribution in [-0.2, 0) is 4.79 Å². The lowest BCUT2D eigenvalue weighted by molar-refractivity contribution is -0.122. The lowest BCUT2D eigenvalue weighted by Crippen LogP contribution is -2.37. The van der Waals surface area contributed by atoms with Crippen LogP contribution in [0.25, 0.3) is 0 Å². The van der Waals surface area contributed by atoms with Crippen molar-refractivity contribution in [1.29, 1.82) is 0 Å². The Morgan fingerprint density at radius 3 is 2.37 bits per heavy atom. The minimum Gasteiger partial charge on any atom is -0.353 e. The van der Waals surface area contributed by atoms with E-state index in [1.54, 1.807) is 0 Å². The Morgan fingerprint density at radius 2 is 1.74 bits per heavy atom. The maximum absolute atomic E-state index is 11.9. The van der Waals surface area contributed by atoms with Gasteiger partial charge in [0.05, 0.1) is 0 Å². The number of nitrogens with two attached hydrogens (primary N) is 1. The number of rotatable bonds is 8. The second-order valence-electron chi connectivity index (χ2n) is 6.06. The van der Waals surface area contributed by atoms with Gasteiger partial charge < -0.3 is 11.1 Å². The van der Waals surface area contributed by atoms with Gasteiger partial charge in [0.25, 0.3) is 0 Å². The summed E-state index contributed by atoms with van der Waals surface area (Å²) in [6, 6.07) is 0.356. The van der Waals surface area contributed by atoms with Crippen LogP contribution in [-0.4, -0.2) is 18.5 Å². The average molecular weight is 268 g/mol. The van der Waals surface area contributed by atoms with Gasteiger partial charge in [-0.2, -0.15) is 0 Å². The van der Waals surface area contributed by atoms with Crippen LogP contribution >= 0.6 is 0 Å². The smallest absolute Gasteiger partial charge is 0.220 e. The molecule has 0 aromatic rings. The molecule has 1 rings (SSSR count). The third-order valence-electron chi connectivity index (χ3n) is 4.35. The molecule has 0 unspecified atom stereocenters. The summed E-state index contributed by atoms with van der Waals surface area (Å²) in [5.74, 6) is 0.938. The predicted molar refractivity (Wildman–Crippen MR) is 80.9 cm³/mol. The van der Waals surface area contributed by atoms with Gasteiger partial charge in [-0.1, -0.05) is 38.5 Å². The second kappa shape index (κ2) is 10.2. The molecule has 0 aromatic heterocycles. The summed E-state index contributed by atoms with van der Waals surface area (Å²) < 4.78 is 0. The van der Waals surface area contributed by atoms with Gasteiger partial charge in [-0.15, -0.1) is 0 Å². The molecule has 1 aliphatic carbocycles. The van der Waals surface area contributed by atoms with Gasteiger partial charge >= 0.3 is 0 Å². The molecule has 1 atom stereocenters. The highest BCUT2D eigenvalue weighted by Crippen LogP contribution is 2.25. The number of hydrogen-bond acceptors (Lipinski definition) is 2. The monoisotopic (exact) mass is 268 g/mol. The van der Waals surface area contributed by atoms with E-state index < -0.39 is 0 Å². The first-order valence-corrected chi connectivity index (χ1v) is 8.23. The molecule has 0 aliphatic heterocycles. The Hall–Kier alpha value is -0.570. The minimum absolute atomic E-state index is 0.240. The normalized spacial score (nSPS) is 18.8. The van der Waals surface area contributed by atoms with Crippen LogP contribution in [0.4, 0.5) is 0 Å². The molecule has 1 fully saturated rings. The highest BCUT2D eigenvalue weighted by molar-refractivity contribution is 5.76. The van der Waals surface area contributed by atoms with E-state index >= 15 is 0 Å². The lowest BCUT2D eigenvalue weighted by atomic mass is 9.93. The Labute approximate surface area is 118 Å². The van der Waals surface area contributed by atoms with Crippen molar-refractivity contribution in [2.24, 2.45) is 11.7 Å². The third kappa shape index (κ3) is 7.56. The van der Waals surface area contributed by atoms with Crippen molar-refractivity contribution in [3.63, 3.8) is 0 Å². The van der Waals surface area contributed by atoms with Gasteiger partial charge in [0.15, 0.2) is 0 Å². The average Bonchev–Trinajstić information content (AvgIpc) is 2.67. The van der Waals surface area contributed by atoms with E-state index in [1.165, 1.54) is 38.5 Å². The molecule has 1 aliphatic rings. The van der Waals surface area contributed by atoms with Crippen molar-refractivity contribution in [2.75, 3.05) is 6.54 Å². The van der Waals surface area contributed by atoms with Crippen LogP contribution < -0.4 is 11.1 Å². The molecular formula is C16H32N2O. The van der Waals surface area contributed by atoms with Crippen LogP contribution in [0, 0.1) is 5.92 Å². The van der Waals surface area contributed by atoms with E-state index in [0.717, 1.165) is 32.2 Å². The van der Waals surface area contributed by atoms with Gasteiger partial charge in [-0.25, -0.2) is 0 Å². The Bertz CT molecular complexity index is 235. The first-order valence-electron chi connectivity index (χ1n) is 8.23. The molecule has 1 saturated carbocycles. The van der Waals surface area contributed by atoms with Crippen molar-refractivity contribution in [3.05, 3.63) is 0 Å². The topological polar surface area (TPSA) is 55.1 Å². The molecule has 0 heterocycles. The fourth-order valence-corrected chi connectivity index (χ4v) is 3.04. The van der Waals surface area contributed by atoms with E-state index in [4.69, 9.17) is 5.73 Å². The SMILES string of the molecule is C[C@@H](NC(=O)CCCCCCN)C1CCCCCC1. The first-order chi connectivity index (χ1) is 9.24. The maximum Gasteiger partial charge on any atom is 0.220 e. The number of unbranched alkanes of at least 4 members (excludes halogenated alkanes) is 3. The summed E-state index contributed by atoms with van der Waals surface area (Å²) >= 11 is 0. The predicted octanol–water partition coefficient (Wildman–Crippen LogP) is 3.37. The van der Waals surface area contributed by atoms with Gasteiger partial charge in [0.1, 0.15) is 0 Å². The Balaban J connectivity index is 2.12. The molecule has 1 amide bonds. The summed E-state index contributed by atoms with van der Waals surface area (Å²) in [6.45, 7) is 2.95. The zero-order valence-corrected chi connectivity index (χ0v) is 12.6. The Kier molecular flexibility index (Phi) is 8.89. The largest absolute Gasteiger partial charge is 0.353 e. The van der Waals surface area contributed by atoms with Crippen molar-refractivity contribution in [2.45, 2.75) is 83.6 Å². The summed E-state index contributed by atoms with van der Waals surface area (Å²) in [5, 5.41) is 3.20. The quantitative estimate of drug-likeness (QED) is 0.524. The van der Waals surface area contributed by atoms with Crippen LogP contribution in [0.15, 0.2) is 0 Å². The number of carbonyl (C=O) groups excluding carboxylic acids is 1. The molecule has 3 nitrogen and oxygen atoms in total. The minimum atomic E-state index is 0.240. The van der Waals surface area contributed by atoms with Crippen molar-refractivity contribution < 1.29 is 4.79 Å². The van der Waals surface area contributed by atoms with Gasteiger partial charge in [0.2, 0.25) is 5.91 Å². The van der Waals surface area contributed by atoms with E-state index in [1.807, 2.05) is 0 Å².